The highest BCUT2D eigenvalue weighted by atomic mass is 16.5. The fraction of sp³-hybridized carbons (Fsp3) is 0. The average molecular weight is 350 g/mol. The lowest BCUT2D eigenvalue weighted by Crippen LogP contribution is -2.08. The predicted octanol–water partition coefficient (Wildman–Crippen LogP) is 4.68. The van der Waals surface area contributed by atoms with Crippen molar-refractivity contribution >= 4 is 33.9 Å². The Morgan fingerprint density at radius 3 is 1.44 bits per heavy atom. The first-order valence-corrected chi connectivity index (χ1v) is 8.70. The molecule has 0 fully saturated rings. The highest BCUT2D eigenvalue weighted by molar-refractivity contribution is 6.08. The van der Waals surface area contributed by atoms with Crippen molar-refractivity contribution in [3.8, 4) is 0 Å². The summed E-state index contributed by atoms with van der Waals surface area (Å²) in [5, 5.41) is 2.22. The van der Waals surface area contributed by atoms with E-state index in [0.717, 1.165) is 33.0 Å². The molecule has 0 atom stereocenters. The zero-order valence-corrected chi connectivity index (χ0v) is 14.3. The van der Waals surface area contributed by atoms with Crippen molar-refractivity contribution in [3.05, 3.63) is 107 Å². The van der Waals surface area contributed by atoms with Crippen LogP contribution in [0.15, 0.2) is 96.2 Å². The van der Waals surface area contributed by atoms with Gasteiger partial charge in [-0.3, -0.25) is 9.59 Å². The zero-order valence-electron chi connectivity index (χ0n) is 14.3. The summed E-state index contributed by atoms with van der Waals surface area (Å²) in [7, 11) is 0. The van der Waals surface area contributed by atoms with Crippen LogP contribution in [-0.2, 0) is 14.3 Å². The molecule has 0 radical (unpaired) electrons. The molecule has 0 bridgehead atoms. The number of hydrogen-bond donors (Lipinski definition) is 0. The van der Waals surface area contributed by atoms with Crippen LogP contribution in [-0.4, -0.2) is 11.6 Å². The first-order valence-electron chi connectivity index (χ1n) is 8.70. The maximum atomic E-state index is 11.5. The number of ketones is 2. The van der Waals surface area contributed by atoms with Crippen LogP contribution < -0.4 is 0 Å². The standard InChI is InChI=1S/C24H14O3/c25-18-11-7-16(8-12-18)23-20-5-1-3-15-4-2-6-21(22(15)20)24(27-23)17-9-13-19(26)14-10-17/h1-14H. The van der Waals surface area contributed by atoms with Gasteiger partial charge in [0.15, 0.2) is 11.6 Å². The van der Waals surface area contributed by atoms with E-state index < -0.39 is 0 Å². The summed E-state index contributed by atoms with van der Waals surface area (Å²) in [6, 6.07) is 12.2. The Labute approximate surface area is 156 Å². The Bertz CT molecular complexity index is 1090. The van der Waals surface area contributed by atoms with Crippen LogP contribution in [0.4, 0.5) is 0 Å². The number of carbonyl (C=O) groups excluding carboxylic acids is 2. The molecule has 1 aliphatic heterocycles. The van der Waals surface area contributed by atoms with Gasteiger partial charge in [0.25, 0.3) is 0 Å². The molecule has 0 amide bonds. The Balaban J connectivity index is 1.85. The van der Waals surface area contributed by atoms with Crippen molar-refractivity contribution in [2.75, 3.05) is 0 Å². The molecule has 0 unspecified atom stereocenters. The zero-order chi connectivity index (χ0) is 18.4. The van der Waals surface area contributed by atoms with E-state index in [9.17, 15) is 9.59 Å². The van der Waals surface area contributed by atoms with Crippen molar-refractivity contribution in [1.29, 1.82) is 0 Å². The van der Waals surface area contributed by atoms with Gasteiger partial charge in [-0.2, -0.15) is 0 Å². The van der Waals surface area contributed by atoms with E-state index in [2.05, 4.69) is 12.1 Å². The van der Waals surface area contributed by atoms with Crippen molar-refractivity contribution in [3.63, 3.8) is 0 Å². The monoisotopic (exact) mass is 350 g/mol. The van der Waals surface area contributed by atoms with Crippen LogP contribution in [0, 0.1) is 0 Å². The molecule has 128 valence electrons. The van der Waals surface area contributed by atoms with Gasteiger partial charge in [0.05, 0.1) is 0 Å². The maximum Gasteiger partial charge on any atom is 0.178 e. The van der Waals surface area contributed by atoms with E-state index in [1.807, 2.05) is 24.3 Å². The van der Waals surface area contributed by atoms with Crippen LogP contribution in [0.3, 0.4) is 0 Å². The van der Waals surface area contributed by atoms with Gasteiger partial charge in [-0.25, -0.2) is 0 Å². The molecule has 0 N–H and O–H groups in total. The summed E-state index contributed by atoms with van der Waals surface area (Å²) >= 11 is 0. The molecular weight excluding hydrogens is 336 g/mol. The smallest absolute Gasteiger partial charge is 0.178 e. The van der Waals surface area contributed by atoms with Crippen molar-refractivity contribution in [1.82, 2.24) is 0 Å². The number of benzene rings is 2. The Hall–Kier alpha value is -3.72. The van der Waals surface area contributed by atoms with E-state index in [4.69, 9.17) is 4.74 Å². The van der Waals surface area contributed by atoms with E-state index >= 15 is 0 Å². The predicted molar refractivity (Wildman–Crippen MR) is 105 cm³/mol. The minimum Gasteiger partial charge on any atom is -0.455 e. The number of hydrogen-bond acceptors (Lipinski definition) is 3. The van der Waals surface area contributed by atoms with Crippen LogP contribution >= 0.6 is 0 Å². The second-order valence-corrected chi connectivity index (χ2v) is 6.52. The Morgan fingerprint density at radius 1 is 0.556 bits per heavy atom. The third-order valence-electron chi connectivity index (χ3n) is 4.83. The second kappa shape index (κ2) is 5.92. The Morgan fingerprint density at radius 2 is 1.00 bits per heavy atom. The molecule has 3 aliphatic rings. The number of carbonyl (C=O) groups is 2. The first kappa shape index (κ1) is 15.5. The summed E-state index contributed by atoms with van der Waals surface area (Å²) in [6.07, 6.45) is 13.3. The molecular formula is C24H14O3. The number of allylic oxidation sites excluding steroid dienone is 10. The van der Waals surface area contributed by atoms with Crippen LogP contribution in [0.2, 0.25) is 0 Å². The van der Waals surface area contributed by atoms with Crippen LogP contribution in [0.1, 0.15) is 11.1 Å². The van der Waals surface area contributed by atoms with Crippen LogP contribution in [0.5, 0.6) is 0 Å². The van der Waals surface area contributed by atoms with Gasteiger partial charge in [0.1, 0.15) is 11.5 Å². The van der Waals surface area contributed by atoms with Gasteiger partial charge in [0.2, 0.25) is 0 Å². The number of ether oxygens (including phenoxy) is 1. The number of rotatable bonds is 0. The minimum atomic E-state index is -0.0380. The highest BCUT2D eigenvalue weighted by Gasteiger charge is 2.25. The summed E-state index contributed by atoms with van der Waals surface area (Å²) in [5.41, 5.74) is 3.67. The van der Waals surface area contributed by atoms with Gasteiger partial charge in [-0.05, 0) is 54.0 Å². The van der Waals surface area contributed by atoms with Crippen molar-refractivity contribution < 1.29 is 14.3 Å². The maximum absolute atomic E-state index is 11.5. The van der Waals surface area contributed by atoms with Gasteiger partial charge in [0, 0.05) is 27.7 Å². The molecule has 1 heterocycles. The molecule has 27 heavy (non-hydrogen) atoms. The van der Waals surface area contributed by atoms with Gasteiger partial charge in [-0.15, -0.1) is 0 Å². The highest BCUT2D eigenvalue weighted by Crippen LogP contribution is 2.43. The molecule has 0 saturated carbocycles. The van der Waals surface area contributed by atoms with E-state index in [1.165, 1.54) is 24.3 Å². The largest absolute Gasteiger partial charge is 0.455 e. The van der Waals surface area contributed by atoms with E-state index in [0.29, 0.717) is 11.5 Å². The fourth-order valence-electron chi connectivity index (χ4n) is 3.57. The van der Waals surface area contributed by atoms with Crippen LogP contribution in [0.25, 0.3) is 22.3 Å². The van der Waals surface area contributed by atoms with Crippen molar-refractivity contribution in [2.24, 2.45) is 0 Å². The second-order valence-electron chi connectivity index (χ2n) is 6.52. The Kier molecular flexibility index (Phi) is 3.41. The summed E-state index contributed by atoms with van der Waals surface area (Å²) in [4.78, 5) is 23.1. The SMILES string of the molecule is O=C1C=CC(=C2OC(=C3C=CC(=O)C=C3)c3cccc4cccc2c34)C=C1. The molecule has 2 aliphatic carbocycles. The minimum absolute atomic E-state index is 0.0380. The van der Waals surface area contributed by atoms with Gasteiger partial charge in [-0.1, -0.05) is 36.4 Å². The third kappa shape index (κ3) is 2.52. The lowest BCUT2D eigenvalue weighted by Gasteiger charge is -2.26. The van der Waals surface area contributed by atoms with Gasteiger partial charge < -0.3 is 4.74 Å². The molecule has 0 aromatic heterocycles. The summed E-state index contributed by atoms with van der Waals surface area (Å²) < 4.78 is 6.38. The quantitative estimate of drug-likeness (QED) is 0.693. The average Bonchev–Trinajstić information content (AvgIpc) is 2.70. The van der Waals surface area contributed by atoms with E-state index in [1.54, 1.807) is 24.3 Å². The molecule has 3 nitrogen and oxygen atoms in total. The van der Waals surface area contributed by atoms with Gasteiger partial charge >= 0.3 is 0 Å². The molecule has 3 heteroatoms. The molecule has 5 rings (SSSR count). The summed E-state index contributed by atoms with van der Waals surface area (Å²) in [5.74, 6) is 1.34. The molecule has 0 saturated heterocycles. The lowest BCUT2D eigenvalue weighted by molar-refractivity contribution is -0.111. The first-order chi connectivity index (χ1) is 13.2. The molecule has 2 aromatic carbocycles. The lowest BCUT2D eigenvalue weighted by atomic mass is 9.90. The third-order valence-corrected chi connectivity index (χ3v) is 4.83. The molecule has 2 aromatic rings. The normalized spacial score (nSPS) is 17.9. The topological polar surface area (TPSA) is 43.4 Å². The van der Waals surface area contributed by atoms with E-state index in [-0.39, 0.29) is 11.6 Å². The summed E-state index contributed by atoms with van der Waals surface area (Å²) in [6.45, 7) is 0. The van der Waals surface area contributed by atoms with Crippen molar-refractivity contribution in [2.45, 2.75) is 0 Å². The molecule has 0 spiro atoms. The fourth-order valence-corrected chi connectivity index (χ4v) is 3.57.